The van der Waals surface area contributed by atoms with E-state index in [0.717, 1.165) is 17.7 Å². The number of fused-ring (bicyclic) bond motifs is 1. The summed E-state index contributed by atoms with van der Waals surface area (Å²) in [5.41, 5.74) is 15.3. The molecule has 1 aromatic carbocycles. The van der Waals surface area contributed by atoms with Crippen molar-refractivity contribution < 1.29 is 4.79 Å². The molecule has 5 heteroatoms. The summed E-state index contributed by atoms with van der Waals surface area (Å²) in [7, 11) is 0. The van der Waals surface area contributed by atoms with Crippen molar-refractivity contribution in [3.05, 3.63) is 29.3 Å². The molecule has 1 saturated heterocycles. The van der Waals surface area contributed by atoms with Crippen LogP contribution in [-0.2, 0) is 11.2 Å². The Labute approximate surface area is 99.7 Å². The molecule has 2 heterocycles. The van der Waals surface area contributed by atoms with Gasteiger partial charge in [-0.2, -0.15) is 0 Å². The van der Waals surface area contributed by atoms with Gasteiger partial charge in [-0.3, -0.25) is 10.2 Å². The molecule has 2 aliphatic rings. The highest BCUT2D eigenvalue weighted by molar-refractivity contribution is 5.99. The van der Waals surface area contributed by atoms with Crippen molar-refractivity contribution in [1.29, 1.82) is 0 Å². The van der Waals surface area contributed by atoms with Crippen LogP contribution in [-0.4, -0.2) is 18.5 Å². The van der Waals surface area contributed by atoms with Gasteiger partial charge in [0.15, 0.2) is 0 Å². The number of nitrogens with two attached hydrogens (primary N) is 1. The van der Waals surface area contributed by atoms with Crippen LogP contribution >= 0.6 is 0 Å². The molecule has 90 valence electrons. The molecule has 17 heavy (non-hydrogen) atoms. The second-order valence-corrected chi connectivity index (χ2v) is 4.65. The van der Waals surface area contributed by atoms with Gasteiger partial charge in [-0.15, -0.1) is 0 Å². The maximum atomic E-state index is 11.3. The summed E-state index contributed by atoms with van der Waals surface area (Å²) in [5.74, 6) is 0.0782. The molecule has 0 spiro atoms. The van der Waals surface area contributed by atoms with E-state index in [1.165, 1.54) is 5.56 Å². The molecule has 2 unspecified atom stereocenters. The lowest BCUT2D eigenvalue weighted by Gasteiger charge is -2.11. The van der Waals surface area contributed by atoms with E-state index in [4.69, 9.17) is 5.73 Å². The Bertz CT molecular complexity index is 460. The molecule has 1 aromatic rings. The summed E-state index contributed by atoms with van der Waals surface area (Å²) in [6.45, 7) is 0.633. The molecule has 2 atom stereocenters. The number of hydrogen-bond donors (Lipinski definition) is 4. The molecular formula is C12H16N4O. The zero-order chi connectivity index (χ0) is 11.8. The third-order valence-corrected chi connectivity index (χ3v) is 3.42. The summed E-state index contributed by atoms with van der Waals surface area (Å²) < 4.78 is 0. The zero-order valence-electron chi connectivity index (χ0n) is 9.49. The molecule has 0 radical (unpaired) electrons. The van der Waals surface area contributed by atoms with Crippen LogP contribution in [0.15, 0.2) is 18.2 Å². The molecule has 0 saturated carbocycles. The van der Waals surface area contributed by atoms with E-state index in [-0.39, 0.29) is 11.9 Å². The van der Waals surface area contributed by atoms with Crippen LogP contribution in [0.25, 0.3) is 0 Å². The fourth-order valence-electron chi connectivity index (χ4n) is 2.46. The lowest BCUT2D eigenvalue weighted by molar-refractivity contribution is -0.115. The standard InChI is InChI=1S/C12H16N4O/c13-6-9-5-11(16-15-9)7-1-2-10-8(3-7)4-12(17)14-10/h1-3,9,11,15-16H,4-6,13H2,(H,14,17). The van der Waals surface area contributed by atoms with E-state index in [2.05, 4.69) is 28.3 Å². The van der Waals surface area contributed by atoms with Gasteiger partial charge in [0.2, 0.25) is 5.91 Å². The van der Waals surface area contributed by atoms with Crippen molar-refractivity contribution in [3.63, 3.8) is 0 Å². The average Bonchev–Trinajstić information content (AvgIpc) is 2.92. The van der Waals surface area contributed by atoms with Crippen molar-refractivity contribution in [3.8, 4) is 0 Å². The maximum Gasteiger partial charge on any atom is 0.228 e. The second-order valence-electron chi connectivity index (χ2n) is 4.65. The highest BCUT2D eigenvalue weighted by atomic mass is 16.1. The van der Waals surface area contributed by atoms with Gasteiger partial charge in [0.05, 0.1) is 6.42 Å². The maximum absolute atomic E-state index is 11.3. The van der Waals surface area contributed by atoms with Gasteiger partial charge in [0.25, 0.3) is 0 Å². The SMILES string of the molecule is NCC1CC(c2ccc3c(c2)CC(=O)N3)NN1. The minimum Gasteiger partial charge on any atom is -0.329 e. The molecule has 5 nitrogen and oxygen atoms in total. The number of rotatable bonds is 2. The summed E-state index contributed by atoms with van der Waals surface area (Å²) in [6, 6.07) is 6.75. The summed E-state index contributed by atoms with van der Waals surface area (Å²) >= 11 is 0. The molecular weight excluding hydrogens is 216 g/mol. The lowest BCUT2D eigenvalue weighted by Crippen LogP contribution is -2.35. The molecule has 5 N–H and O–H groups in total. The fourth-order valence-corrected chi connectivity index (χ4v) is 2.46. The van der Waals surface area contributed by atoms with E-state index < -0.39 is 0 Å². The molecule has 1 fully saturated rings. The van der Waals surface area contributed by atoms with Gasteiger partial charge < -0.3 is 11.1 Å². The van der Waals surface area contributed by atoms with E-state index in [0.29, 0.717) is 19.0 Å². The van der Waals surface area contributed by atoms with E-state index in [9.17, 15) is 4.79 Å². The number of amides is 1. The van der Waals surface area contributed by atoms with Gasteiger partial charge in [-0.25, -0.2) is 5.43 Å². The van der Waals surface area contributed by atoms with E-state index >= 15 is 0 Å². The fraction of sp³-hybridized carbons (Fsp3) is 0.417. The number of carbonyl (C=O) groups excluding carboxylic acids is 1. The Morgan fingerprint density at radius 1 is 1.35 bits per heavy atom. The topological polar surface area (TPSA) is 79.2 Å². The van der Waals surface area contributed by atoms with Crippen molar-refractivity contribution in [2.24, 2.45) is 5.73 Å². The van der Waals surface area contributed by atoms with Crippen LogP contribution in [0.1, 0.15) is 23.6 Å². The predicted octanol–water partition coefficient (Wildman–Crippen LogP) is 0.0475. The second kappa shape index (κ2) is 4.10. The van der Waals surface area contributed by atoms with Crippen LogP contribution in [0.5, 0.6) is 0 Å². The molecule has 3 rings (SSSR count). The summed E-state index contributed by atoms with van der Waals surface area (Å²) in [4.78, 5) is 11.3. The number of hydrogen-bond acceptors (Lipinski definition) is 4. The van der Waals surface area contributed by atoms with Crippen LogP contribution < -0.4 is 21.9 Å². The van der Waals surface area contributed by atoms with Crippen LogP contribution in [0.3, 0.4) is 0 Å². The minimum atomic E-state index is 0.0782. The van der Waals surface area contributed by atoms with Gasteiger partial charge in [0, 0.05) is 24.3 Å². The average molecular weight is 232 g/mol. The quantitative estimate of drug-likeness (QED) is 0.581. The van der Waals surface area contributed by atoms with Crippen molar-refractivity contribution in [2.75, 3.05) is 11.9 Å². The Hall–Kier alpha value is -1.43. The predicted molar refractivity (Wildman–Crippen MR) is 65.2 cm³/mol. The van der Waals surface area contributed by atoms with Gasteiger partial charge in [-0.1, -0.05) is 12.1 Å². The first-order valence-corrected chi connectivity index (χ1v) is 5.90. The Kier molecular flexibility index (Phi) is 2.58. The largest absolute Gasteiger partial charge is 0.329 e. The van der Waals surface area contributed by atoms with Crippen molar-refractivity contribution >= 4 is 11.6 Å². The van der Waals surface area contributed by atoms with Crippen LogP contribution in [0, 0.1) is 0 Å². The number of nitrogens with one attached hydrogen (secondary N) is 3. The molecule has 1 amide bonds. The number of carbonyl (C=O) groups is 1. The van der Waals surface area contributed by atoms with Crippen molar-refractivity contribution in [2.45, 2.75) is 24.9 Å². The number of hydrazine groups is 1. The van der Waals surface area contributed by atoms with Crippen molar-refractivity contribution in [1.82, 2.24) is 10.9 Å². The molecule has 0 aliphatic carbocycles. The summed E-state index contributed by atoms with van der Waals surface area (Å²) in [5, 5.41) is 2.84. The zero-order valence-corrected chi connectivity index (χ0v) is 9.49. The first-order valence-electron chi connectivity index (χ1n) is 5.90. The van der Waals surface area contributed by atoms with Crippen LogP contribution in [0.4, 0.5) is 5.69 Å². The Morgan fingerprint density at radius 2 is 2.24 bits per heavy atom. The smallest absolute Gasteiger partial charge is 0.228 e. The molecule has 0 bridgehead atoms. The summed E-state index contributed by atoms with van der Waals surface area (Å²) in [6.07, 6.45) is 1.47. The van der Waals surface area contributed by atoms with Crippen LogP contribution in [0.2, 0.25) is 0 Å². The highest BCUT2D eigenvalue weighted by Gasteiger charge is 2.25. The van der Waals surface area contributed by atoms with Gasteiger partial charge in [-0.05, 0) is 23.6 Å². The Morgan fingerprint density at radius 3 is 3.00 bits per heavy atom. The van der Waals surface area contributed by atoms with E-state index in [1.54, 1.807) is 0 Å². The minimum absolute atomic E-state index is 0.0782. The number of anilines is 1. The normalized spacial score (nSPS) is 27.0. The lowest BCUT2D eigenvalue weighted by atomic mass is 9.99. The third-order valence-electron chi connectivity index (χ3n) is 3.42. The first-order chi connectivity index (χ1) is 8.26. The number of benzene rings is 1. The van der Waals surface area contributed by atoms with Gasteiger partial charge >= 0.3 is 0 Å². The first kappa shape index (κ1) is 10.7. The Balaban J connectivity index is 1.81. The molecule has 2 aliphatic heterocycles. The third kappa shape index (κ3) is 1.93. The van der Waals surface area contributed by atoms with E-state index in [1.807, 2.05) is 6.07 Å². The highest BCUT2D eigenvalue weighted by Crippen LogP contribution is 2.29. The monoisotopic (exact) mass is 232 g/mol. The molecule has 0 aromatic heterocycles. The van der Waals surface area contributed by atoms with Gasteiger partial charge in [0.1, 0.15) is 0 Å².